The summed E-state index contributed by atoms with van der Waals surface area (Å²) in [6.45, 7) is 2.06. The minimum absolute atomic E-state index is 0.0547. The molecule has 182 valence electrons. The Balaban J connectivity index is 1.19. The van der Waals surface area contributed by atoms with Crippen LogP contribution >= 0.6 is 0 Å². The number of halogens is 3. The summed E-state index contributed by atoms with van der Waals surface area (Å²) in [4.78, 5) is 22.3. The monoisotopic (exact) mass is 486 g/mol. The van der Waals surface area contributed by atoms with Crippen LogP contribution in [0.5, 0.6) is 0 Å². The smallest absolute Gasteiger partial charge is 0.390 e. The molecule has 1 aliphatic heterocycles. The summed E-state index contributed by atoms with van der Waals surface area (Å²) in [7, 11) is 0. The largest absolute Gasteiger partial charge is 0.471 e. The number of amides is 1. The van der Waals surface area contributed by atoms with E-state index in [-0.39, 0.29) is 23.6 Å². The number of aliphatic hydroxyl groups excluding tert-OH is 1. The normalized spacial score (nSPS) is 15.2. The molecule has 1 aliphatic rings. The van der Waals surface area contributed by atoms with Crippen LogP contribution in [0.1, 0.15) is 27.5 Å². The van der Waals surface area contributed by atoms with E-state index in [0.29, 0.717) is 12.2 Å². The lowest BCUT2D eigenvalue weighted by molar-refractivity contribution is -0.159. The third kappa shape index (κ3) is 5.03. The molecule has 1 atom stereocenters. The summed E-state index contributed by atoms with van der Waals surface area (Å²) >= 11 is 0. The number of β-amino-alcohol motifs (C(OH)–C–C–N with tert-alkyl or cyclic N) is 1. The minimum Gasteiger partial charge on any atom is -0.390 e. The average molecular weight is 486 g/mol. The molecule has 0 fully saturated rings. The predicted molar refractivity (Wildman–Crippen MR) is 117 cm³/mol. The van der Waals surface area contributed by atoms with Crippen LogP contribution in [-0.4, -0.2) is 61.2 Å². The molecule has 3 aromatic heterocycles. The summed E-state index contributed by atoms with van der Waals surface area (Å²) < 4.78 is 43.9. The highest BCUT2D eigenvalue weighted by Gasteiger charge is 2.38. The topological polar surface area (TPSA) is 109 Å². The quantitative estimate of drug-likeness (QED) is 0.431. The lowest BCUT2D eigenvalue weighted by atomic mass is 10.00. The second kappa shape index (κ2) is 9.12. The Morgan fingerprint density at radius 1 is 1.14 bits per heavy atom. The molecule has 0 unspecified atom stereocenters. The third-order valence-corrected chi connectivity index (χ3v) is 5.79. The van der Waals surface area contributed by atoms with E-state index in [1.165, 1.54) is 40.1 Å². The SMILES string of the molecule is O=C(NC[C@H](O)CN1CCc2ccccc2C1)c1cn2cc(-c3noc(C(F)(F)F)n3)ccc2n1. The summed E-state index contributed by atoms with van der Waals surface area (Å²) in [5.41, 5.74) is 3.34. The van der Waals surface area contributed by atoms with Gasteiger partial charge in [0.15, 0.2) is 0 Å². The van der Waals surface area contributed by atoms with E-state index in [1.54, 1.807) is 0 Å². The van der Waals surface area contributed by atoms with Gasteiger partial charge < -0.3 is 19.3 Å². The Hall–Kier alpha value is -3.77. The van der Waals surface area contributed by atoms with Gasteiger partial charge >= 0.3 is 12.1 Å². The van der Waals surface area contributed by atoms with Crippen molar-refractivity contribution in [3.63, 3.8) is 0 Å². The van der Waals surface area contributed by atoms with Crippen molar-refractivity contribution in [3.8, 4) is 11.4 Å². The standard InChI is InChI=1S/C23H21F3N6O3/c24-23(25,26)22-29-20(30-35-22)16-5-6-19-28-18(13-32(19)11-16)21(34)27-9-17(33)12-31-8-7-14-3-1-2-4-15(14)10-31/h1-6,11,13,17,33H,7-10,12H2,(H,27,34)/t17-/m0/s1. The first-order valence-corrected chi connectivity index (χ1v) is 10.9. The Bertz CT molecular complexity index is 1370. The van der Waals surface area contributed by atoms with Crippen LogP contribution in [0.4, 0.5) is 13.2 Å². The number of rotatable bonds is 6. The van der Waals surface area contributed by atoms with Crippen molar-refractivity contribution < 1.29 is 27.6 Å². The number of nitrogens with zero attached hydrogens (tertiary/aromatic N) is 5. The number of benzene rings is 1. The summed E-state index contributed by atoms with van der Waals surface area (Å²) in [6, 6.07) is 11.2. The van der Waals surface area contributed by atoms with Crippen LogP contribution in [0.3, 0.4) is 0 Å². The van der Waals surface area contributed by atoms with E-state index in [4.69, 9.17) is 0 Å². The number of fused-ring (bicyclic) bond motifs is 2. The van der Waals surface area contributed by atoms with Crippen LogP contribution < -0.4 is 5.32 Å². The Morgan fingerprint density at radius 2 is 1.94 bits per heavy atom. The van der Waals surface area contributed by atoms with Crippen molar-refractivity contribution in [2.45, 2.75) is 25.2 Å². The lowest BCUT2D eigenvalue weighted by Gasteiger charge is -2.30. The van der Waals surface area contributed by atoms with Crippen molar-refractivity contribution in [1.82, 2.24) is 29.7 Å². The van der Waals surface area contributed by atoms with Crippen molar-refractivity contribution in [1.29, 1.82) is 0 Å². The molecule has 35 heavy (non-hydrogen) atoms. The highest BCUT2D eigenvalue weighted by Crippen LogP contribution is 2.29. The maximum Gasteiger partial charge on any atom is 0.471 e. The van der Waals surface area contributed by atoms with E-state index in [2.05, 4.69) is 42.0 Å². The number of carbonyl (C=O) groups is 1. The highest BCUT2D eigenvalue weighted by molar-refractivity contribution is 5.92. The molecular weight excluding hydrogens is 465 g/mol. The van der Waals surface area contributed by atoms with Gasteiger partial charge in [-0.3, -0.25) is 9.69 Å². The van der Waals surface area contributed by atoms with Crippen LogP contribution in [0.2, 0.25) is 0 Å². The molecule has 4 heterocycles. The molecular formula is C23H21F3N6O3. The molecule has 5 rings (SSSR count). The fourth-order valence-corrected chi connectivity index (χ4v) is 4.06. The number of hydrogen-bond acceptors (Lipinski definition) is 7. The van der Waals surface area contributed by atoms with Crippen LogP contribution in [0, 0.1) is 0 Å². The summed E-state index contributed by atoms with van der Waals surface area (Å²) in [5.74, 6) is -2.15. The van der Waals surface area contributed by atoms with Crippen molar-refractivity contribution >= 4 is 11.6 Å². The van der Waals surface area contributed by atoms with Gasteiger partial charge in [0.25, 0.3) is 5.91 Å². The number of carbonyl (C=O) groups excluding carboxylic acids is 1. The van der Waals surface area contributed by atoms with Gasteiger partial charge in [-0.05, 0) is 29.7 Å². The van der Waals surface area contributed by atoms with Crippen LogP contribution in [0.25, 0.3) is 17.0 Å². The third-order valence-electron chi connectivity index (χ3n) is 5.79. The molecule has 1 amide bonds. The summed E-state index contributed by atoms with van der Waals surface area (Å²) in [5, 5.41) is 16.5. The Morgan fingerprint density at radius 3 is 2.71 bits per heavy atom. The van der Waals surface area contributed by atoms with Gasteiger partial charge in [0.05, 0.1) is 6.10 Å². The van der Waals surface area contributed by atoms with Gasteiger partial charge in [0.1, 0.15) is 11.3 Å². The van der Waals surface area contributed by atoms with Gasteiger partial charge in [-0.15, -0.1) is 0 Å². The zero-order chi connectivity index (χ0) is 24.6. The number of aliphatic hydroxyl groups is 1. The minimum atomic E-state index is -4.74. The van der Waals surface area contributed by atoms with Crippen molar-refractivity contribution in [2.75, 3.05) is 19.6 Å². The number of aromatic nitrogens is 4. The van der Waals surface area contributed by atoms with E-state index >= 15 is 0 Å². The first kappa shape index (κ1) is 23.0. The fraction of sp³-hybridized carbons (Fsp3) is 0.304. The maximum absolute atomic E-state index is 12.7. The molecule has 2 N–H and O–H groups in total. The highest BCUT2D eigenvalue weighted by atomic mass is 19.4. The van der Waals surface area contributed by atoms with Crippen LogP contribution in [-0.2, 0) is 19.1 Å². The Kier molecular flexibility index (Phi) is 5.99. The second-order valence-electron chi connectivity index (χ2n) is 8.35. The van der Waals surface area contributed by atoms with E-state index in [9.17, 15) is 23.1 Å². The number of nitrogens with one attached hydrogen (secondary N) is 1. The van der Waals surface area contributed by atoms with Crippen molar-refractivity contribution in [2.24, 2.45) is 0 Å². The molecule has 4 aromatic rings. The molecule has 0 saturated carbocycles. The van der Waals surface area contributed by atoms with Crippen molar-refractivity contribution in [3.05, 3.63) is 71.5 Å². The van der Waals surface area contributed by atoms with E-state index in [1.807, 2.05) is 12.1 Å². The zero-order valence-corrected chi connectivity index (χ0v) is 18.4. The molecule has 9 nitrogen and oxygen atoms in total. The predicted octanol–water partition coefficient (Wildman–Crippen LogP) is 2.55. The van der Waals surface area contributed by atoms with Gasteiger partial charge in [-0.1, -0.05) is 29.4 Å². The van der Waals surface area contributed by atoms with E-state index in [0.717, 1.165) is 19.5 Å². The number of hydrogen-bond donors (Lipinski definition) is 2. The fourth-order valence-electron chi connectivity index (χ4n) is 4.06. The molecule has 0 saturated heterocycles. The number of alkyl halides is 3. The number of imidazole rings is 1. The molecule has 0 bridgehead atoms. The lowest BCUT2D eigenvalue weighted by Crippen LogP contribution is -2.42. The first-order chi connectivity index (χ1) is 16.8. The second-order valence-corrected chi connectivity index (χ2v) is 8.35. The van der Waals surface area contributed by atoms with Crippen LogP contribution in [0.15, 0.2) is 53.3 Å². The van der Waals surface area contributed by atoms with Gasteiger partial charge in [0.2, 0.25) is 5.82 Å². The number of pyridine rings is 1. The Labute approximate surface area is 197 Å². The molecule has 0 spiro atoms. The molecule has 0 aliphatic carbocycles. The maximum atomic E-state index is 12.7. The van der Waals surface area contributed by atoms with Gasteiger partial charge in [-0.25, -0.2) is 4.98 Å². The van der Waals surface area contributed by atoms with Gasteiger partial charge in [-0.2, -0.15) is 18.2 Å². The summed E-state index contributed by atoms with van der Waals surface area (Å²) in [6.07, 6.45) is -1.69. The molecule has 1 aromatic carbocycles. The average Bonchev–Trinajstić information content (AvgIpc) is 3.49. The van der Waals surface area contributed by atoms with E-state index < -0.39 is 24.1 Å². The first-order valence-electron chi connectivity index (χ1n) is 10.9. The zero-order valence-electron chi connectivity index (χ0n) is 18.4. The van der Waals surface area contributed by atoms with Gasteiger partial charge in [0, 0.05) is 44.1 Å². The molecule has 0 radical (unpaired) electrons. The molecule has 12 heteroatoms.